The fourth-order valence-electron chi connectivity index (χ4n) is 11.3. The summed E-state index contributed by atoms with van der Waals surface area (Å²) >= 11 is 0. The summed E-state index contributed by atoms with van der Waals surface area (Å²) < 4.78 is 17.9. The summed E-state index contributed by atoms with van der Waals surface area (Å²) in [6, 6.07) is 16.1. The van der Waals surface area contributed by atoms with Crippen LogP contribution in [0.5, 0.6) is 0 Å². The molecule has 4 N–H and O–H groups in total. The molecule has 2 aliphatic heterocycles. The van der Waals surface area contributed by atoms with E-state index in [0.29, 0.717) is 64.6 Å². The standard InChI is InChI=1S/C63H95N7O12/c1-12-43(6)48(51(80-10)39-56(75)69-37-22-28-50(69)60(81-11)45(8)61(77)64-49(38-46-24-16-13-17-25-46)63(79)82-40-47-26-18-14-19-27-47)32-31-44(7)59(76)57(41(2)3)65-62(78)58(42(4)5)68(9)35-23-30-53(72)67-66-52(71)29-20-15-21-36-70-54(73)33-34-55(70)74/h13-14,16-19,24-27,33-34,41-45,48-51,57-58,60H,12,15,20-23,28-32,35-40H2,1-11H3,(H,64,77)(H,65,78)(H,66,71)(H,67,72)/t43-,44?,45+,48-,49-,50-,51+,57-,58-,60+/m0/s1. The number of imide groups is 1. The van der Waals surface area contributed by atoms with E-state index < -0.39 is 54.2 Å². The van der Waals surface area contributed by atoms with E-state index in [-0.39, 0.29) is 103 Å². The molecule has 10 atom stereocenters. The number of likely N-dealkylation sites (N-methyl/N-ethyl adjacent to an activating group) is 1. The number of rotatable bonds is 36. The number of carbonyl (C=O) groups is 9. The van der Waals surface area contributed by atoms with E-state index in [0.717, 1.165) is 28.9 Å². The van der Waals surface area contributed by atoms with Gasteiger partial charge in [0.05, 0.1) is 42.7 Å². The van der Waals surface area contributed by atoms with Gasteiger partial charge in [-0.1, -0.05) is 129 Å². The first-order valence-electron chi connectivity index (χ1n) is 29.7. The molecular formula is C63H95N7O12. The Morgan fingerprint density at radius 1 is 0.720 bits per heavy atom. The average molecular weight is 1140 g/mol. The van der Waals surface area contributed by atoms with Crippen LogP contribution >= 0.6 is 0 Å². The second-order valence-electron chi connectivity index (χ2n) is 23.1. The van der Waals surface area contributed by atoms with Crippen molar-refractivity contribution in [3.05, 3.63) is 83.9 Å². The summed E-state index contributed by atoms with van der Waals surface area (Å²) in [4.78, 5) is 124. The normalized spacial score (nSPS) is 17.7. The third kappa shape index (κ3) is 21.1. The minimum atomic E-state index is -0.961. The molecule has 454 valence electrons. The Morgan fingerprint density at radius 3 is 1.90 bits per heavy atom. The van der Waals surface area contributed by atoms with Crippen LogP contribution in [0.15, 0.2) is 72.8 Å². The number of hydrazine groups is 1. The van der Waals surface area contributed by atoms with Crippen molar-refractivity contribution >= 4 is 53.1 Å². The Bertz CT molecular complexity index is 2400. The lowest BCUT2D eigenvalue weighted by Gasteiger charge is -2.36. The van der Waals surface area contributed by atoms with E-state index in [9.17, 15) is 43.2 Å². The first kappa shape index (κ1) is 68.2. The molecule has 19 nitrogen and oxygen atoms in total. The predicted molar refractivity (Wildman–Crippen MR) is 313 cm³/mol. The molecule has 1 fully saturated rings. The molecule has 0 saturated carbocycles. The van der Waals surface area contributed by atoms with Gasteiger partial charge >= 0.3 is 5.97 Å². The van der Waals surface area contributed by atoms with Gasteiger partial charge in [-0.15, -0.1) is 0 Å². The number of ether oxygens (including phenoxy) is 3. The van der Waals surface area contributed by atoms with Crippen molar-refractivity contribution in [1.82, 2.24) is 36.2 Å². The van der Waals surface area contributed by atoms with Crippen molar-refractivity contribution in [3.8, 4) is 0 Å². The largest absolute Gasteiger partial charge is 0.459 e. The van der Waals surface area contributed by atoms with Gasteiger partial charge in [0.1, 0.15) is 12.6 Å². The molecule has 2 heterocycles. The number of ketones is 1. The lowest BCUT2D eigenvalue weighted by Crippen LogP contribution is -2.55. The summed E-state index contributed by atoms with van der Waals surface area (Å²) in [5.41, 5.74) is 6.57. The first-order valence-corrected chi connectivity index (χ1v) is 29.7. The number of amides is 7. The van der Waals surface area contributed by atoms with E-state index in [1.807, 2.05) is 112 Å². The van der Waals surface area contributed by atoms with Crippen LogP contribution in [0, 0.1) is 35.5 Å². The van der Waals surface area contributed by atoms with Gasteiger partial charge < -0.3 is 29.7 Å². The van der Waals surface area contributed by atoms with Gasteiger partial charge in [0.25, 0.3) is 11.8 Å². The van der Waals surface area contributed by atoms with Crippen molar-refractivity contribution < 1.29 is 57.4 Å². The van der Waals surface area contributed by atoms with Crippen molar-refractivity contribution in [3.63, 3.8) is 0 Å². The number of unbranched alkanes of at least 4 members (excludes halogenated alkanes) is 2. The molecule has 2 aromatic rings. The Kier molecular flexibility index (Phi) is 29.1. The number of hydrogen-bond acceptors (Lipinski definition) is 13. The fraction of sp³-hybridized carbons (Fsp3) is 0.635. The highest BCUT2D eigenvalue weighted by Gasteiger charge is 2.42. The van der Waals surface area contributed by atoms with Crippen molar-refractivity contribution in [2.45, 2.75) is 182 Å². The van der Waals surface area contributed by atoms with E-state index >= 15 is 0 Å². The molecule has 0 spiro atoms. The van der Waals surface area contributed by atoms with E-state index in [4.69, 9.17) is 14.2 Å². The fourth-order valence-corrected chi connectivity index (χ4v) is 11.3. The maximum absolute atomic E-state index is 14.5. The summed E-state index contributed by atoms with van der Waals surface area (Å²) in [7, 11) is 4.97. The molecule has 0 aliphatic carbocycles. The summed E-state index contributed by atoms with van der Waals surface area (Å²) in [6.07, 6.45) is 7.36. The summed E-state index contributed by atoms with van der Waals surface area (Å²) in [6.45, 7) is 16.8. The highest BCUT2D eigenvalue weighted by Crippen LogP contribution is 2.33. The monoisotopic (exact) mass is 1140 g/mol. The maximum atomic E-state index is 14.5. The van der Waals surface area contributed by atoms with E-state index in [1.54, 1.807) is 21.1 Å². The molecule has 19 heteroatoms. The zero-order valence-electron chi connectivity index (χ0n) is 50.6. The van der Waals surface area contributed by atoms with Gasteiger partial charge in [0.2, 0.25) is 29.5 Å². The number of carbonyl (C=O) groups excluding carboxylic acids is 9. The summed E-state index contributed by atoms with van der Waals surface area (Å²) in [5.74, 6) is -4.22. The van der Waals surface area contributed by atoms with Crippen LogP contribution in [0.2, 0.25) is 0 Å². The highest BCUT2D eigenvalue weighted by molar-refractivity contribution is 6.12. The Morgan fingerprint density at radius 2 is 1.33 bits per heavy atom. The van der Waals surface area contributed by atoms with Crippen LogP contribution in [-0.4, -0.2) is 145 Å². The van der Waals surface area contributed by atoms with Crippen LogP contribution in [0.25, 0.3) is 0 Å². The third-order valence-electron chi connectivity index (χ3n) is 16.3. The second kappa shape index (κ2) is 35.0. The zero-order valence-corrected chi connectivity index (χ0v) is 50.6. The molecule has 4 rings (SSSR count). The van der Waals surface area contributed by atoms with Gasteiger partial charge in [-0.05, 0) is 93.3 Å². The lowest BCUT2D eigenvalue weighted by atomic mass is 9.79. The molecule has 0 aromatic heterocycles. The van der Waals surface area contributed by atoms with Gasteiger partial charge in [-0.2, -0.15) is 0 Å². The predicted octanol–water partition coefficient (Wildman–Crippen LogP) is 6.66. The third-order valence-corrected chi connectivity index (χ3v) is 16.3. The maximum Gasteiger partial charge on any atom is 0.329 e. The number of nitrogens with one attached hydrogen (secondary N) is 4. The molecule has 2 aromatic carbocycles. The topological polar surface area (TPSA) is 239 Å². The van der Waals surface area contributed by atoms with Gasteiger partial charge in [-0.25, -0.2) is 4.79 Å². The lowest BCUT2D eigenvalue weighted by molar-refractivity contribution is -0.150. The van der Waals surface area contributed by atoms with E-state index in [2.05, 4.69) is 35.3 Å². The number of nitrogens with zero attached hydrogens (tertiary/aromatic N) is 3. The number of Topliss-reactive ketones (excluding diaryl/α,β-unsaturated/α-hetero) is 1. The molecule has 2 aliphatic rings. The van der Waals surface area contributed by atoms with E-state index in [1.165, 1.54) is 12.2 Å². The highest BCUT2D eigenvalue weighted by atomic mass is 16.5. The Hall–Kier alpha value is -6.31. The van der Waals surface area contributed by atoms with Crippen molar-refractivity contribution in [1.29, 1.82) is 0 Å². The summed E-state index contributed by atoms with van der Waals surface area (Å²) in [5, 5.41) is 6.05. The molecule has 82 heavy (non-hydrogen) atoms. The Balaban J connectivity index is 1.30. The van der Waals surface area contributed by atoms with Crippen LogP contribution in [0.3, 0.4) is 0 Å². The van der Waals surface area contributed by atoms with Crippen molar-refractivity contribution in [2.75, 3.05) is 40.9 Å². The van der Waals surface area contributed by atoms with Gasteiger partial charge in [0, 0.05) is 64.6 Å². The molecule has 0 radical (unpaired) electrons. The van der Waals surface area contributed by atoms with Crippen molar-refractivity contribution in [2.24, 2.45) is 35.5 Å². The molecular weight excluding hydrogens is 1050 g/mol. The number of benzene rings is 2. The SMILES string of the molecule is CC[C@H](C)[C@H](CCC(C)C(=O)[C@@H](NC(=O)[C@H](C(C)C)N(C)CCCC(=O)NNC(=O)CCCCCN1C(=O)C=CC1=O)C(C)C)[C@@H](CC(=O)N1CCC[C@H]1[C@H](OC)[C@@H](C)C(=O)N[C@@H](Cc1ccccc1)C(=O)OCc1ccccc1)OC. The minimum absolute atomic E-state index is 0.0618. The molecule has 0 bridgehead atoms. The quantitative estimate of drug-likeness (QED) is 0.0242. The number of esters is 1. The first-order chi connectivity index (χ1) is 39.1. The molecule has 1 unspecified atom stereocenters. The zero-order chi connectivity index (χ0) is 60.5. The van der Waals surface area contributed by atoms with Crippen LogP contribution in [0.4, 0.5) is 0 Å². The van der Waals surface area contributed by atoms with Crippen LogP contribution < -0.4 is 21.5 Å². The Labute approximate surface area is 487 Å². The number of likely N-dealkylation sites (tertiary alicyclic amines) is 1. The van der Waals surface area contributed by atoms with Crippen LogP contribution in [-0.2, 0) is 70.4 Å². The molecule has 1 saturated heterocycles. The number of methoxy groups -OCH3 is 2. The number of hydrogen-bond donors (Lipinski definition) is 4. The van der Waals surface area contributed by atoms with Crippen LogP contribution in [0.1, 0.15) is 144 Å². The van der Waals surface area contributed by atoms with Gasteiger partial charge in [-0.3, -0.25) is 59.0 Å². The van der Waals surface area contributed by atoms with Gasteiger partial charge in [0.15, 0.2) is 5.78 Å². The minimum Gasteiger partial charge on any atom is -0.459 e. The smallest absolute Gasteiger partial charge is 0.329 e. The second-order valence-corrected chi connectivity index (χ2v) is 23.1. The molecule has 7 amide bonds. The average Bonchev–Trinajstić information content (AvgIpc) is 4.14.